The summed E-state index contributed by atoms with van der Waals surface area (Å²) >= 11 is 0. The number of phenols is 4. The number of hydrogen-bond acceptors (Lipinski definition) is 12. The van der Waals surface area contributed by atoms with Crippen molar-refractivity contribution in [3.63, 3.8) is 0 Å². The minimum atomic E-state index is -3.43. The fourth-order valence-corrected chi connectivity index (χ4v) is 6.59. The van der Waals surface area contributed by atoms with Crippen LogP contribution in [0.3, 0.4) is 0 Å². The van der Waals surface area contributed by atoms with E-state index in [9.17, 15) is 37.3 Å². The molecule has 1 radical (unpaired) electrons. The molecule has 16 heteroatoms. The van der Waals surface area contributed by atoms with Crippen molar-refractivity contribution >= 4 is 64.0 Å². The van der Waals surface area contributed by atoms with Gasteiger partial charge in [-0.25, -0.2) is 16.8 Å². The van der Waals surface area contributed by atoms with Crippen LogP contribution in [0.1, 0.15) is 13.8 Å². The molecule has 0 spiro atoms. The van der Waals surface area contributed by atoms with Crippen LogP contribution in [-0.2, 0) is 36.5 Å². The molecule has 0 aromatic heterocycles. The Hall–Kier alpha value is -4.35. The summed E-state index contributed by atoms with van der Waals surface area (Å²) in [6.45, 7) is 3.08. The average Bonchev–Trinajstić information content (AvgIpc) is 3.12. The Bertz CT molecular complexity index is 2340. The number of rotatable bonds is 8. The van der Waals surface area contributed by atoms with Crippen LogP contribution in [0.15, 0.2) is 139 Å². The molecule has 0 heterocycles. The first-order chi connectivity index (χ1) is 23.8. The molecule has 0 aliphatic rings. The van der Waals surface area contributed by atoms with Crippen molar-refractivity contribution in [2.45, 2.75) is 23.6 Å². The van der Waals surface area contributed by atoms with Crippen molar-refractivity contribution in [3.05, 3.63) is 109 Å². The largest absolute Gasteiger partial charge is 1.00 e. The standard InChI is InChI=1S/2C18H16N2O4S.Co.Na/c2*1-2-25(23,24)13-8-10-16(21)15(11-13)19-20-18-14-6-4-3-5-12(14)7-9-17(18)22;;/h2*3-11,21-22H,2H2,1H3;;/q;;;+1. The smallest absolute Gasteiger partial charge is 0.506 e. The number of nitrogens with zero attached hydrogens (tertiary/aromatic N) is 4. The average molecular weight is 795 g/mol. The Morgan fingerprint density at radius 1 is 0.481 bits per heavy atom. The fourth-order valence-electron chi connectivity index (χ4n) is 4.79. The maximum Gasteiger partial charge on any atom is 1.00 e. The van der Waals surface area contributed by atoms with E-state index in [0.717, 1.165) is 10.8 Å². The summed E-state index contributed by atoms with van der Waals surface area (Å²) in [6.07, 6.45) is 0. The second-order valence-corrected chi connectivity index (χ2v) is 15.4. The third-order valence-corrected chi connectivity index (χ3v) is 11.1. The van der Waals surface area contributed by atoms with E-state index < -0.39 is 19.7 Å². The van der Waals surface area contributed by atoms with E-state index in [1.807, 2.05) is 36.4 Å². The summed E-state index contributed by atoms with van der Waals surface area (Å²) < 4.78 is 47.9. The van der Waals surface area contributed by atoms with Crippen LogP contribution in [0.2, 0.25) is 0 Å². The van der Waals surface area contributed by atoms with Crippen LogP contribution in [-0.4, -0.2) is 48.8 Å². The minimum Gasteiger partial charge on any atom is -0.506 e. The molecule has 265 valence electrons. The minimum absolute atomic E-state index is 0. The summed E-state index contributed by atoms with van der Waals surface area (Å²) in [5.41, 5.74) is 0.534. The van der Waals surface area contributed by atoms with Gasteiger partial charge in [-0.1, -0.05) is 74.5 Å². The van der Waals surface area contributed by atoms with Gasteiger partial charge in [0.1, 0.15) is 45.7 Å². The van der Waals surface area contributed by atoms with E-state index in [1.165, 1.54) is 62.4 Å². The molecule has 0 unspecified atom stereocenters. The fraction of sp³-hybridized carbons (Fsp3) is 0.111. The SMILES string of the molecule is CCS(=O)(=O)c1ccc(O)c(N=Nc2c(O)ccc3ccccc23)c1.CCS(=O)(=O)c1ccc(O)c(N=Nc2c(O)ccc3ccccc23)c1.[Co].[Na+]. The maximum atomic E-state index is 12.0. The van der Waals surface area contributed by atoms with E-state index in [2.05, 4.69) is 20.5 Å². The molecule has 0 saturated carbocycles. The Labute approximate surface area is 332 Å². The van der Waals surface area contributed by atoms with Gasteiger partial charge in [-0.3, -0.25) is 0 Å². The first-order valence-electron chi connectivity index (χ1n) is 15.2. The molecule has 4 N–H and O–H groups in total. The molecule has 0 amide bonds. The predicted molar refractivity (Wildman–Crippen MR) is 191 cm³/mol. The molecule has 6 aromatic carbocycles. The van der Waals surface area contributed by atoms with Gasteiger partial charge in [-0.05, 0) is 59.3 Å². The second-order valence-electron chi connectivity index (χ2n) is 10.8. The zero-order valence-corrected chi connectivity index (χ0v) is 32.8. The summed E-state index contributed by atoms with van der Waals surface area (Å²) in [5, 5.41) is 59.1. The van der Waals surface area contributed by atoms with E-state index in [0.29, 0.717) is 10.8 Å². The summed E-state index contributed by atoms with van der Waals surface area (Å²) in [7, 11) is -6.85. The van der Waals surface area contributed by atoms with E-state index >= 15 is 0 Å². The molecule has 0 bridgehead atoms. The van der Waals surface area contributed by atoms with Crippen molar-refractivity contribution in [2.75, 3.05) is 11.5 Å². The first-order valence-corrected chi connectivity index (χ1v) is 18.5. The molecule has 6 aromatic rings. The molecular formula is C36H32CoN4NaO8S2+. The number of sulfone groups is 2. The maximum absolute atomic E-state index is 12.0. The van der Waals surface area contributed by atoms with Crippen LogP contribution in [0.5, 0.6) is 23.0 Å². The Kier molecular flexibility index (Phi) is 14.5. The number of azo groups is 2. The summed E-state index contributed by atoms with van der Waals surface area (Å²) in [5.74, 6) is -0.618. The van der Waals surface area contributed by atoms with Gasteiger partial charge in [0.2, 0.25) is 0 Å². The van der Waals surface area contributed by atoms with E-state index in [4.69, 9.17) is 0 Å². The molecule has 6 rings (SSSR count). The van der Waals surface area contributed by atoms with Crippen LogP contribution >= 0.6 is 0 Å². The number of fused-ring (bicyclic) bond motifs is 2. The topological polar surface area (TPSA) is 199 Å². The quantitative estimate of drug-likeness (QED) is 0.108. The third kappa shape index (κ3) is 9.54. The summed E-state index contributed by atoms with van der Waals surface area (Å²) in [6, 6.07) is 28.9. The van der Waals surface area contributed by atoms with Gasteiger partial charge < -0.3 is 20.4 Å². The van der Waals surface area contributed by atoms with Gasteiger partial charge in [0.25, 0.3) is 0 Å². The molecule has 12 nitrogen and oxygen atoms in total. The Morgan fingerprint density at radius 2 is 0.827 bits per heavy atom. The third-order valence-electron chi connectivity index (χ3n) is 7.65. The molecule has 52 heavy (non-hydrogen) atoms. The van der Waals surface area contributed by atoms with Gasteiger partial charge in [0.05, 0.1) is 21.3 Å². The van der Waals surface area contributed by atoms with Gasteiger partial charge in [-0.2, -0.15) is 0 Å². The van der Waals surface area contributed by atoms with Crippen LogP contribution in [0.4, 0.5) is 22.7 Å². The van der Waals surface area contributed by atoms with Crippen LogP contribution < -0.4 is 29.6 Å². The van der Waals surface area contributed by atoms with Gasteiger partial charge in [0, 0.05) is 27.6 Å². The van der Waals surface area contributed by atoms with Crippen molar-refractivity contribution in [2.24, 2.45) is 20.5 Å². The van der Waals surface area contributed by atoms with Crippen LogP contribution in [0.25, 0.3) is 21.5 Å². The zero-order chi connectivity index (χ0) is 36.1. The van der Waals surface area contributed by atoms with Crippen molar-refractivity contribution in [1.82, 2.24) is 0 Å². The molecule has 0 fully saturated rings. The molecule has 0 saturated heterocycles. The number of aromatic hydroxyl groups is 4. The number of hydrogen-bond donors (Lipinski definition) is 4. The Balaban J connectivity index is 0.000000270. The van der Waals surface area contributed by atoms with Crippen molar-refractivity contribution in [3.8, 4) is 23.0 Å². The van der Waals surface area contributed by atoms with E-state index in [-0.39, 0.29) is 113 Å². The van der Waals surface area contributed by atoms with Crippen molar-refractivity contribution < 1.29 is 83.6 Å². The first kappa shape index (κ1) is 42.1. The van der Waals surface area contributed by atoms with Gasteiger partial charge >= 0.3 is 29.6 Å². The Morgan fingerprint density at radius 3 is 1.19 bits per heavy atom. The van der Waals surface area contributed by atoms with Gasteiger partial charge in [-0.15, -0.1) is 20.5 Å². The number of phenolic OH excluding ortho intramolecular Hbond substituents is 4. The molecule has 0 aliphatic carbocycles. The molecular weight excluding hydrogens is 762 g/mol. The molecule has 0 atom stereocenters. The van der Waals surface area contributed by atoms with Gasteiger partial charge in [0.15, 0.2) is 19.7 Å². The summed E-state index contributed by atoms with van der Waals surface area (Å²) in [4.78, 5) is 0.118. The number of benzene rings is 6. The van der Waals surface area contributed by atoms with E-state index in [1.54, 1.807) is 24.3 Å². The van der Waals surface area contributed by atoms with Crippen molar-refractivity contribution in [1.29, 1.82) is 0 Å². The van der Waals surface area contributed by atoms with Crippen LogP contribution in [0, 0.1) is 0 Å². The predicted octanol–water partition coefficient (Wildman–Crippen LogP) is 5.92. The normalized spacial score (nSPS) is 11.6. The molecule has 0 aliphatic heterocycles. The second kappa shape index (κ2) is 17.9. The monoisotopic (exact) mass is 794 g/mol. The zero-order valence-electron chi connectivity index (χ0n) is 28.2.